The zero-order valence-electron chi connectivity index (χ0n) is 21.2. The fourth-order valence-corrected chi connectivity index (χ4v) is 4.64. The summed E-state index contributed by atoms with van der Waals surface area (Å²) in [6, 6.07) is 24.9. The van der Waals surface area contributed by atoms with E-state index in [1.54, 1.807) is 31.3 Å². The van der Waals surface area contributed by atoms with E-state index >= 15 is 0 Å². The zero-order chi connectivity index (χ0) is 27.2. The van der Waals surface area contributed by atoms with E-state index in [2.05, 4.69) is 15.3 Å². The smallest absolute Gasteiger partial charge is 0.223 e. The highest BCUT2D eigenvalue weighted by Crippen LogP contribution is 2.38. The van der Waals surface area contributed by atoms with Gasteiger partial charge in [-0.05, 0) is 49.2 Å². The lowest BCUT2D eigenvalue weighted by atomic mass is 10.1. The van der Waals surface area contributed by atoms with Crippen LogP contribution in [-0.2, 0) is 6.61 Å². The molecule has 7 nitrogen and oxygen atoms in total. The quantitative estimate of drug-likeness (QED) is 0.166. The average molecular weight is 560 g/mol. The molecule has 0 radical (unpaired) electrons. The maximum Gasteiger partial charge on any atom is 0.223 e. The molecular weight excluding hydrogens is 533 g/mol. The number of nitrogens with one attached hydrogen (secondary N) is 2. The van der Waals surface area contributed by atoms with Gasteiger partial charge < -0.3 is 20.1 Å². The monoisotopic (exact) mass is 559 g/mol. The van der Waals surface area contributed by atoms with Crippen LogP contribution in [0.1, 0.15) is 18.9 Å². The van der Waals surface area contributed by atoms with Crippen molar-refractivity contribution >= 4 is 29.2 Å². The van der Waals surface area contributed by atoms with Gasteiger partial charge in [-0.2, -0.15) is 0 Å². The third-order valence-electron chi connectivity index (χ3n) is 6.02. The fraction of sp³-hybridized carbons (Fsp3) is 0.167. The second kappa shape index (κ2) is 12.3. The molecule has 0 spiro atoms. The van der Waals surface area contributed by atoms with Gasteiger partial charge in [0.05, 0.1) is 38.8 Å². The fourth-order valence-electron chi connectivity index (χ4n) is 4.06. The zero-order valence-corrected chi connectivity index (χ0v) is 22.7. The van der Waals surface area contributed by atoms with Crippen molar-refractivity contribution in [3.8, 4) is 39.8 Å². The minimum Gasteiger partial charge on any atom is -0.489 e. The maximum absolute atomic E-state index is 9.58. The van der Waals surface area contributed by atoms with Crippen LogP contribution in [0.4, 0.5) is 5.95 Å². The van der Waals surface area contributed by atoms with Crippen molar-refractivity contribution in [3.63, 3.8) is 0 Å². The number of aromatic nitrogens is 4. The standard InChI is InChI=1S/C30H27Cl2N5O2/c1-19(38)13-15-33-30-34-16-14-25(35-30)28-27(36-29(37-28)26-23(31)11-6-12-24(26)32)21-9-5-10-22(17-21)39-18-20-7-3-2-4-8-20/h2-12,14,16-17,19,38H,13,15,18H2,1H3,(H,36,37)(H,33,34,35). The summed E-state index contributed by atoms with van der Waals surface area (Å²) in [6.07, 6.45) is 1.84. The summed E-state index contributed by atoms with van der Waals surface area (Å²) in [5.74, 6) is 1.69. The van der Waals surface area contributed by atoms with Crippen molar-refractivity contribution in [2.75, 3.05) is 11.9 Å². The first-order valence-corrected chi connectivity index (χ1v) is 13.3. The molecule has 0 fully saturated rings. The molecule has 5 rings (SSSR count). The first kappa shape index (κ1) is 26.7. The Morgan fingerprint density at radius 3 is 2.49 bits per heavy atom. The Hall–Kier alpha value is -3.91. The Kier molecular flexibility index (Phi) is 8.42. The summed E-state index contributed by atoms with van der Waals surface area (Å²) in [5.41, 5.74) is 4.51. The van der Waals surface area contributed by atoms with Crippen LogP contribution in [0.25, 0.3) is 34.0 Å². The number of rotatable bonds is 10. The van der Waals surface area contributed by atoms with Gasteiger partial charge >= 0.3 is 0 Å². The van der Waals surface area contributed by atoms with Crippen LogP contribution in [0, 0.1) is 0 Å². The van der Waals surface area contributed by atoms with E-state index in [1.807, 2.05) is 60.7 Å². The molecule has 0 aliphatic carbocycles. The maximum atomic E-state index is 9.58. The van der Waals surface area contributed by atoms with Crippen LogP contribution in [0.2, 0.25) is 10.0 Å². The summed E-state index contributed by atoms with van der Waals surface area (Å²) in [7, 11) is 0. The molecule has 39 heavy (non-hydrogen) atoms. The molecule has 0 aliphatic heterocycles. The van der Waals surface area contributed by atoms with Gasteiger partial charge in [-0.1, -0.05) is 71.7 Å². The number of benzene rings is 3. The van der Waals surface area contributed by atoms with E-state index in [0.29, 0.717) is 69.8 Å². The largest absolute Gasteiger partial charge is 0.489 e. The first-order chi connectivity index (χ1) is 19.0. The lowest BCUT2D eigenvalue weighted by Crippen LogP contribution is -2.11. The second-order valence-corrected chi connectivity index (χ2v) is 9.85. The lowest BCUT2D eigenvalue weighted by Gasteiger charge is -2.09. The molecule has 0 amide bonds. The molecule has 0 saturated carbocycles. The first-order valence-electron chi connectivity index (χ1n) is 12.5. The molecule has 1 atom stereocenters. The molecule has 198 valence electrons. The molecule has 2 heterocycles. The predicted octanol–water partition coefficient (Wildman–Crippen LogP) is 7.27. The highest BCUT2D eigenvalue weighted by atomic mass is 35.5. The number of nitrogens with zero attached hydrogens (tertiary/aromatic N) is 3. The van der Waals surface area contributed by atoms with E-state index < -0.39 is 6.10 Å². The normalized spacial score (nSPS) is 11.8. The van der Waals surface area contributed by atoms with Gasteiger partial charge in [-0.15, -0.1) is 0 Å². The number of halogens is 2. The van der Waals surface area contributed by atoms with E-state index in [9.17, 15) is 5.11 Å². The van der Waals surface area contributed by atoms with Gasteiger partial charge in [0.25, 0.3) is 0 Å². The number of imidazole rings is 1. The van der Waals surface area contributed by atoms with Crippen LogP contribution in [0.5, 0.6) is 5.75 Å². The summed E-state index contributed by atoms with van der Waals surface area (Å²) >= 11 is 13.1. The van der Waals surface area contributed by atoms with Crippen molar-refractivity contribution in [1.82, 2.24) is 19.9 Å². The number of ether oxygens (including phenoxy) is 1. The van der Waals surface area contributed by atoms with Crippen molar-refractivity contribution in [2.45, 2.75) is 26.1 Å². The minimum atomic E-state index is -0.417. The average Bonchev–Trinajstić information content (AvgIpc) is 3.38. The third kappa shape index (κ3) is 6.57. The topological polar surface area (TPSA) is 96.0 Å². The summed E-state index contributed by atoms with van der Waals surface area (Å²) in [6.45, 7) is 2.73. The van der Waals surface area contributed by atoms with Gasteiger partial charge in [-0.3, -0.25) is 0 Å². The molecular formula is C30H27Cl2N5O2. The number of hydrogen-bond acceptors (Lipinski definition) is 6. The number of hydrogen-bond donors (Lipinski definition) is 3. The van der Waals surface area contributed by atoms with Crippen molar-refractivity contribution < 1.29 is 9.84 Å². The van der Waals surface area contributed by atoms with Crippen molar-refractivity contribution in [2.24, 2.45) is 0 Å². The Morgan fingerprint density at radius 1 is 0.949 bits per heavy atom. The number of aromatic amines is 1. The van der Waals surface area contributed by atoms with Crippen molar-refractivity contribution in [1.29, 1.82) is 0 Å². The SMILES string of the molecule is CC(O)CCNc1nccc(-c2[nH]c(-c3c(Cl)cccc3Cl)nc2-c2cccc(OCc3ccccc3)c2)n1. The molecule has 2 aromatic heterocycles. The van der Waals surface area contributed by atoms with Gasteiger partial charge in [0.1, 0.15) is 18.2 Å². The molecule has 0 aliphatic rings. The molecule has 0 saturated heterocycles. The van der Waals surface area contributed by atoms with Gasteiger partial charge in [-0.25, -0.2) is 15.0 Å². The summed E-state index contributed by atoms with van der Waals surface area (Å²) < 4.78 is 6.08. The molecule has 3 N–H and O–H groups in total. The highest BCUT2D eigenvalue weighted by molar-refractivity contribution is 6.39. The minimum absolute atomic E-state index is 0.417. The number of anilines is 1. The van der Waals surface area contributed by atoms with E-state index in [1.165, 1.54) is 0 Å². The second-order valence-electron chi connectivity index (χ2n) is 9.04. The van der Waals surface area contributed by atoms with E-state index in [4.69, 9.17) is 37.9 Å². The highest BCUT2D eigenvalue weighted by Gasteiger charge is 2.20. The molecule has 1 unspecified atom stereocenters. The number of H-pyrrole nitrogens is 1. The third-order valence-corrected chi connectivity index (χ3v) is 6.65. The van der Waals surface area contributed by atoms with Crippen LogP contribution in [0.15, 0.2) is 85.1 Å². The van der Waals surface area contributed by atoms with Crippen molar-refractivity contribution in [3.05, 3.63) is 101 Å². The Bertz CT molecular complexity index is 1540. The van der Waals surface area contributed by atoms with Crippen LogP contribution < -0.4 is 10.1 Å². The van der Waals surface area contributed by atoms with Crippen LogP contribution in [0.3, 0.4) is 0 Å². The Balaban J connectivity index is 1.53. The van der Waals surface area contributed by atoms with Gasteiger partial charge in [0.15, 0.2) is 0 Å². The molecule has 0 bridgehead atoms. The Labute approximate surface area is 236 Å². The predicted molar refractivity (Wildman–Crippen MR) is 156 cm³/mol. The van der Waals surface area contributed by atoms with E-state index in [-0.39, 0.29) is 0 Å². The van der Waals surface area contributed by atoms with Crippen LogP contribution in [-0.4, -0.2) is 37.7 Å². The number of aliphatic hydroxyl groups excluding tert-OH is 1. The van der Waals surface area contributed by atoms with Gasteiger partial charge in [0.2, 0.25) is 5.95 Å². The van der Waals surface area contributed by atoms with Crippen LogP contribution >= 0.6 is 23.2 Å². The lowest BCUT2D eigenvalue weighted by molar-refractivity contribution is 0.188. The van der Waals surface area contributed by atoms with Gasteiger partial charge in [0, 0.05) is 18.3 Å². The summed E-state index contributed by atoms with van der Waals surface area (Å²) in [5, 5.41) is 13.7. The molecule has 3 aromatic carbocycles. The molecule has 9 heteroatoms. The number of aliphatic hydroxyl groups is 1. The summed E-state index contributed by atoms with van der Waals surface area (Å²) in [4.78, 5) is 17.4. The molecule has 5 aromatic rings. The van der Waals surface area contributed by atoms with E-state index in [0.717, 1.165) is 11.1 Å². The Morgan fingerprint density at radius 2 is 1.72 bits per heavy atom.